The highest BCUT2D eigenvalue weighted by molar-refractivity contribution is 7.85. The number of hydrogen-bond donors (Lipinski definition) is 1. The fourth-order valence-electron chi connectivity index (χ4n) is 2.83. The summed E-state index contributed by atoms with van der Waals surface area (Å²) in [6, 6.07) is 8.93. The van der Waals surface area contributed by atoms with Crippen molar-refractivity contribution in [2.75, 3.05) is 0 Å². The number of nitrogens with zero attached hydrogens (tertiary/aromatic N) is 1. The Bertz CT molecular complexity index is 813. The van der Waals surface area contributed by atoms with Crippen molar-refractivity contribution in [3.05, 3.63) is 47.7 Å². The minimum atomic E-state index is -4.20. The van der Waals surface area contributed by atoms with Crippen LogP contribution in [0.4, 0.5) is 0 Å². The maximum absolute atomic E-state index is 11.4. The van der Waals surface area contributed by atoms with Gasteiger partial charge in [-0.05, 0) is 43.0 Å². The first kappa shape index (κ1) is 18.6. The molecule has 4 nitrogen and oxygen atoms in total. The molecule has 2 aromatic rings. The van der Waals surface area contributed by atoms with Gasteiger partial charge in [0.15, 0.2) is 6.20 Å². The van der Waals surface area contributed by atoms with E-state index in [1.807, 2.05) is 24.7 Å². The second-order valence-electron chi connectivity index (χ2n) is 6.29. The molecule has 0 spiro atoms. The molecule has 5 heteroatoms. The maximum Gasteiger partial charge on any atom is 0.294 e. The zero-order valence-corrected chi connectivity index (χ0v) is 15.4. The number of rotatable bonds is 7. The molecule has 2 rings (SSSR count). The summed E-state index contributed by atoms with van der Waals surface area (Å²) in [6.45, 7) is 4.14. The molecule has 24 heavy (non-hydrogen) atoms. The lowest BCUT2D eigenvalue weighted by Gasteiger charge is -2.08. The van der Waals surface area contributed by atoms with Crippen molar-refractivity contribution in [3.8, 4) is 11.3 Å². The summed E-state index contributed by atoms with van der Waals surface area (Å²) in [7, 11) is -2.26. The molecule has 1 aromatic heterocycles. The Morgan fingerprint density at radius 3 is 2.50 bits per heavy atom. The van der Waals surface area contributed by atoms with E-state index in [0.717, 1.165) is 29.7 Å². The third kappa shape index (κ3) is 4.65. The van der Waals surface area contributed by atoms with E-state index >= 15 is 0 Å². The zero-order chi connectivity index (χ0) is 17.7. The van der Waals surface area contributed by atoms with Crippen LogP contribution in [-0.4, -0.2) is 13.0 Å². The van der Waals surface area contributed by atoms with E-state index < -0.39 is 10.1 Å². The molecule has 0 amide bonds. The summed E-state index contributed by atoms with van der Waals surface area (Å²) in [5.41, 5.74) is 3.99. The molecule has 0 fully saturated rings. The average molecular weight is 348 g/mol. The van der Waals surface area contributed by atoms with Crippen LogP contribution in [0, 0.1) is 6.92 Å². The lowest BCUT2D eigenvalue weighted by Crippen LogP contribution is -2.30. The van der Waals surface area contributed by atoms with Crippen LogP contribution in [0.2, 0.25) is 0 Å². The highest BCUT2D eigenvalue weighted by Gasteiger charge is 2.17. The Morgan fingerprint density at radius 2 is 1.83 bits per heavy atom. The minimum Gasteiger partial charge on any atom is -0.282 e. The van der Waals surface area contributed by atoms with E-state index in [1.54, 1.807) is 12.1 Å². The van der Waals surface area contributed by atoms with Crippen LogP contribution in [0.15, 0.2) is 41.4 Å². The molecular formula is C19H26NO3S+. The molecule has 1 N–H and O–H groups in total. The van der Waals surface area contributed by atoms with Crippen LogP contribution in [-0.2, 0) is 23.6 Å². The first-order valence-electron chi connectivity index (χ1n) is 8.40. The summed E-state index contributed by atoms with van der Waals surface area (Å²) >= 11 is 0. The van der Waals surface area contributed by atoms with Gasteiger partial charge in [-0.15, -0.1) is 0 Å². The topological polar surface area (TPSA) is 58.2 Å². The largest absolute Gasteiger partial charge is 0.294 e. The first-order chi connectivity index (χ1) is 11.3. The number of benzene rings is 1. The minimum absolute atomic E-state index is 0.0727. The lowest BCUT2D eigenvalue weighted by atomic mass is 10.0. The number of aryl methyl sites for hydroxylation is 3. The second-order valence-corrected chi connectivity index (χ2v) is 7.72. The van der Waals surface area contributed by atoms with Gasteiger partial charge < -0.3 is 0 Å². The van der Waals surface area contributed by atoms with Crippen molar-refractivity contribution >= 4 is 10.1 Å². The molecule has 130 valence electrons. The van der Waals surface area contributed by atoms with Crippen LogP contribution in [0.3, 0.4) is 0 Å². The van der Waals surface area contributed by atoms with Crippen molar-refractivity contribution in [2.24, 2.45) is 7.05 Å². The van der Waals surface area contributed by atoms with Gasteiger partial charge in [0.25, 0.3) is 10.1 Å². The van der Waals surface area contributed by atoms with Gasteiger partial charge in [-0.2, -0.15) is 8.42 Å². The number of pyridine rings is 1. The molecular weight excluding hydrogens is 322 g/mol. The molecule has 0 aliphatic carbocycles. The summed E-state index contributed by atoms with van der Waals surface area (Å²) in [5.74, 6) is 0. The molecule has 0 saturated carbocycles. The zero-order valence-electron chi connectivity index (χ0n) is 14.6. The van der Waals surface area contributed by atoms with Gasteiger partial charge in [0.1, 0.15) is 7.05 Å². The van der Waals surface area contributed by atoms with E-state index in [1.165, 1.54) is 30.9 Å². The summed E-state index contributed by atoms with van der Waals surface area (Å²) in [5, 5.41) is 0. The Balaban J connectivity index is 2.37. The number of aromatic nitrogens is 1. The van der Waals surface area contributed by atoms with Crippen molar-refractivity contribution < 1.29 is 17.5 Å². The molecule has 0 radical (unpaired) electrons. The van der Waals surface area contributed by atoms with Crippen molar-refractivity contribution in [3.63, 3.8) is 0 Å². The van der Waals surface area contributed by atoms with E-state index in [9.17, 15) is 13.0 Å². The van der Waals surface area contributed by atoms with Crippen molar-refractivity contribution in [2.45, 2.75) is 50.8 Å². The second kappa shape index (κ2) is 7.90. The number of unbranched alkanes of at least 4 members (excludes halogenated alkanes) is 3. The smallest absolute Gasteiger partial charge is 0.282 e. The third-order valence-corrected chi connectivity index (χ3v) is 5.17. The quantitative estimate of drug-likeness (QED) is 0.470. The molecule has 0 aliphatic rings. The third-order valence-electron chi connectivity index (χ3n) is 4.32. The van der Waals surface area contributed by atoms with Gasteiger partial charge in [0.2, 0.25) is 5.69 Å². The Kier molecular flexibility index (Phi) is 6.13. The number of hydrogen-bond acceptors (Lipinski definition) is 2. The predicted molar refractivity (Wildman–Crippen MR) is 95.5 cm³/mol. The highest BCUT2D eigenvalue weighted by atomic mass is 32.2. The normalized spacial score (nSPS) is 11.7. The first-order valence-corrected chi connectivity index (χ1v) is 9.84. The monoisotopic (exact) mass is 348 g/mol. The van der Waals surface area contributed by atoms with E-state index in [4.69, 9.17) is 0 Å². The molecule has 1 heterocycles. The van der Waals surface area contributed by atoms with Crippen molar-refractivity contribution in [1.29, 1.82) is 0 Å². The molecule has 1 aromatic carbocycles. The van der Waals surface area contributed by atoms with Crippen molar-refractivity contribution in [1.82, 2.24) is 0 Å². The van der Waals surface area contributed by atoms with Gasteiger partial charge in [0.05, 0.1) is 10.5 Å². The standard InChI is InChI=1S/C19H25NO3S/c1-4-5-6-7-8-16-11-12-20(3)19(13-16)18-14-17(24(21,22)23)10-9-15(18)2/h9-14H,4-8H2,1-3H3/p+1. The van der Waals surface area contributed by atoms with Gasteiger partial charge in [0, 0.05) is 12.1 Å². The highest BCUT2D eigenvalue weighted by Crippen LogP contribution is 2.25. The molecule has 0 saturated heterocycles. The van der Waals surface area contributed by atoms with E-state index in [2.05, 4.69) is 19.1 Å². The van der Waals surface area contributed by atoms with Crippen LogP contribution in [0.5, 0.6) is 0 Å². The van der Waals surface area contributed by atoms with Gasteiger partial charge in [-0.1, -0.05) is 32.3 Å². The van der Waals surface area contributed by atoms with E-state index in [-0.39, 0.29) is 4.90 Å². The SMILES string of the molecule is CCCCCCc1cc[n+](C)c(-c2cc(S(=O)(=O)O)ccc2C)c1. The van der Waals surface area contributed by atoms with Crippen LogP contribution >= 0.6 is 0 Å². The average Bonchev–Trinajstić information content (AvgIpc) is 2.52. The summed E-state index contributed by atoms with van der Waals surface area (Å²) in [4.78, 5) is -0.0727. The van der Waals surface area contributed by atoms with Gasteiger partial charge in [-0.3, -0.25) is 4.55 Å². The van der Waals surface area contributed by atoms with Gasteiger partial charge >= 0.3 is 0 Å². The maximum atomic E-state index is 11.4. The van der Waals surface area contributed by atoms with Crippen LogP contribution < -0.4 is 4.57 Å². The predicted octanol–water partition coefficient (Wildman–Crippen LogP) is 3.86. The molecule has 0 unspecified atom stereocenters. The van der Waals surface area contributed by atoms with Crippen LogP contribution in [0.25, 0.3) is 11.3 Å². The van der Waals surface area contributed by atoms with Crippen LogP contribution in [0.1, 0.15) is 43.7 Å². The Hall–Kier alpha value is -1.72. The van der Waals surface area contributed by atoms with Gasteiger partial charge in [-0.25, -0.2) is 4.57 Å². The fourth-order valence-corrected chi connectivity index (χ4v) is 3.34. The molecule has 0 bridgehead atoms. The Labute approximate surface area is 144 Å². The summed E-state index contributed by atoms with van der Waals surface area (Å²) < 4.78 is 34.1. The lowest BCUT2D eigenvalue weighted by molar-refractivity contribution is -0.660. The molecule has 0 atom stereocenters. The fraction of sp³-hybridized carbons (Fsp3) is 0.421. The Morgan fingerprint density at radius 1 is 1.08 bits per heavy atom. The van der Waals surface area contributed by atoms with E-state index in [0.29, 0.717) is 0 Å². The summed E-state index contributed by atoms with van der Waals surface area (Å²) in [6.07, 6.45) is 7.88. The molecule has 0 aliphatic heterocycles.